The minimum atomic E-state index is 0.546. The van der Waals surface area contributed by atoms with Crippen LogP contribution in [0.25, 0.3) is 0 Å². The molecule has 2 unspecified atom stereocenters. The highest BCUT2D eigenvalue weighted by atomic mass is 14.3. The SMILES string of the molecule is CC1CCCC(C(C)(C)C)CC1. The summed E-state index contributed by atoms with van der Waals surface area (Å²) in [7, 11) is 0. The van der Waals surface area contributed by atoms with Crippen LogP contribution in [0.3, 0.4) is 0 Å². The molecule has 1 aliphatic rings. The third-order valence-corrected chi connectivity index (χ3v) is 3.48. The van der Waals surface area contributed by atoms with Crippen molar-refractivity contribution in [2.45, 2.75) is 59.8 Å². The lowest BCUT2D eigenvalue weighted by molar-refractivity contribution is 0.213. The standard InChI is InChI=1S/C12H24/c1-10-6-5-7-11(9-8-10)12(2,3)4/h10-11H,5-9H2,1-4H3. The van der Waals surface area contributed by atoms with E-state index < -0.39 is 0 Å². The third-order valence-electron chi connectivity index (χ3n) is 3.48. The summed E-state index contributed by atoms with van der Waals surface area (Å²) in [5.74, 6) is 1.96. The Morgan fingerprint density at radius 3 is 2.17 bits per heavy atom. The molecule has 0 N–H and O–H groups in total. The Morgan fingerprint density at radius 1 is 0.917 bits per heavy atom. The zero-order chi connectivity index (χ0) is 9.19. The van der Waals surface area contributed by atoms with Gasteiger partial charge in [-0.2, -0.15) is 0 Å². The number of hydrogen-bond acceptors (Lipinski definition) is 0. The summed E-state index contributed by atoms with van der Waals surface area (Å²) < 4.78 is 0. The van der Waals surface area contributed by atoms with Gasteiger partial charge in [0.2, 0.25) is 0 Å². The van der Waals surface area contributed by atoms with Crippen molar-refractivity contribution in [3.8, 4) is 0 Å². The second-order valence-corrected chi connectivity index (χ2v) is 5.68. The molecule has 0 radical (unpaired) electrons. The van der Waals surface area contributed by atoms with Crippen LogP contribution < -0.4 is 0 Å². The van der Waals surface area contributed by atoms with Crippen molar-refractivity contribution in [1.82, 2.24) is 0 Å². The van der Waals surface area contributed by atoms with Gasteiger partial charge in [0, 0.05) is 0 Å². The van der Waals surface area contributed by atoms with Gasteiger partial charge in [0.25, 0.3) is 0 Å². The van der Waals surface area contributed by atoms with Gasteiger partial charge >= 0.3 is 0 Å². The molecule has 1 saturated carbocycles. The van der Waals surface area contributed by atoms with Crippen molar-refractivity contribution in [1.29, 1.82) is 0 Å². The second kappa shape index (κ2) is 3.81. The summed E-state index contributed by atoms with van der Waals surface area (Å²) in [5, 5.41) is 0. The first-order valence-electron chi connectivity index (χ1n) is 5.50. The molecule has 1 rings (SSSR count). The highest BCUT2D eigenvalue weighted by molar-refractivity contribution is 4.77. The van der Waals surface area contributed by atoms with Crippen molar-refractivity contribution in [3.05, 3.63) is 0 Å². The first-order valence-corrected chi connectivity index (χ1v) is 5.50. The minimum absolute atomic E-state index is 0.546. The van der Waals surface area contributed by atoms with Crippen LogP contribution in [0.15, 0.2) is 0 Å². The molecule has 0 aromatic carbocycles. The topological polar surface area (TPSA) is 0 Å². The molecule has 1 fully saturated rings. The summed E-state index contributed by atoms with van der Waals surface area (Å²) in [6.45, 7) is 9.60. The predicted molar refractivity (Wildman–Crippen MR) is 55.2 cm³/mol. The van der Waals surface area contributed by atoms with E-state index in [0.29, 0.717) is 5.41 Å². The van der Waals surface area contributed by atoms with Gasteiger partial charge in [-0.1, -0.05) is 47.0 Å². The maximum Gasteiger partial charge on any atom is -0.0354 e. The predicted octanol–water partition coefficient (Wildman–Crippen LogP) is 4.25. The van der Waals surface area contributed by atoms with Gasteiger partial charge in [0.05, 0.1) is 0 Å². The zero-order valence-corrected chi connectivity index (χ0v) is 9.19. The van der Waals surface area contributed by atoms with Crippen LogP contribution in [0.2, 0.25) is 0 Å². The van der Waals surface area contributed by atoms with Crippen molar-refractivity contribution in [2.75, 3.05) is 0 Å². The Morgan fingerprint density at radius 2 is 1.58 bits per heavy atom. The average molecular weight is 168 g/mol. The Hall–Kier alpha value is 0. The molecular weight excluding hydrogens is 144 g/mol. The monoisotopic (exact) mass is 168 g/mol. The summed E-state index contributed by atoms with van der Waals surface area (Å²) >= 11 is 0. The molecule has 0 aromatic heterocycles. The van der Waals surface area contributed by atoms with Crippen molar-refractivity contribution in [2.24, 2.45) is 17.3 Å². The van der Waals surface area contributed by atoms with Gasteiger partial charge in [-0.05, 0) is 30.1 Å². The molecule has 12 heavy (non-hydrogen) atoms. The Bertz CT molecular complexity index is 129. The van der Waals surface area contributed by atoms with Crippen molar-refractivity contribution < 1.29 is 0 Å². The van der Waals surface area contributed by atoms with E-state index in [4.69, 9.17) is 0 Å². The number of rotatable bonds is 0. The minimum Gasteiger partial charge on any atom is -0.0625 e. The highest BCUT2D eigenvalue weighted by Crippen LogP contribution is 2.37. The average Bonchev–Trinajstić information content (AvgIpc) is 2.11. The fourth-order valence-electron chi connectivity index (χ4n) is 2.35. The van der Waals surface area contributed by atoms with Crippen LogP contribution in [-0.2, 0) is 0 Å². The summed E-state index contributed by atoms with van der Waals surface area (Å²) in [4.78, 5) is 0. The second-order valence-electron chi connectivity index (χ2n) is 5.68. The smallest absolute Gasteiger partial charge is 0.0354 e. The number of hydrogen-bond donors (Lipinski definition) is 0. The van der Waals surface area contributed by atoms with Gasteiger partial charge in [-0.3, -0.25) is 0 Å². The fourth-order valence-corrected chi connectivity index (χ4v) is 2.35. The van der Waals surface area contributed by atoms with Crippen molar-refractivity contribution in [3.63, 3.8) is 0 Å². The molecular formula is C12H24. The van der Waals surface area contributed by atoms with Gasteiger partial charge in [-0.25, -0.2) is 0 Å². The molecule has 0 aromatic rings. The third kappa shape index (κ3) is 2.80. The van der Waals surface area contributed by atoms with E-state index >= 15 is 0 Å². The fraction of sp³-hybridized carbons (Fsp3) is 1.00. The quantitative estimate of drug-likeness (QED) is 0.474. The lowest BCUT2D eigenvalue weighted by Crippen LogP contribution is -2.19. The highest BCUT2D eigenvalue weighted by Gasteiger charge is 2.26. The van der Waals surface area contributed by atoms with Crippen molar-refractivity contribution >= 4 is 0 Å². The van der Waals surface area contributed by atoms with E-state index in [9.17, 15) is 0 Å². The maximum atomic E-state index is 2.41. The first-order chi connectivity index (χ1) is 5.50. The molecule has 0 heterocycles. The zero-order valence-electron chi connectivity index (χ0n) is 9.19. The Balaban J connectivity index is 2.46. The maximum absolute atomic E-state index is 2.41. The van der Waals surface area contributed by atoms with E-state index in [1.807, 2.05) is 0 Å². The Kier molecular flexibility index (Phi) is 3.20. The molecule has 1 aliphatic carbocycles. The van der Waals surface area contributed by atoms with E-state index in [1.165, 1.54) is 32.1 Å². The molecule has 72 valence electrons. The Labute approximate surface area is 77.7 Å². The van der Waals surface area contributed by atoms with Gasteiger partial charge in [0.1, 0.15) is 0 Å². The van der Waals surface area contributed by atoms with E-state index in [1.54, 1.807) is 0 Å². The molecule has 0 heteroatoms. The molecule has 0 spiro atoms. The largest absolute Gasteiger partial charge is 0.0625 e. The lowest BCUT2D eigenvalue weighted by atomic mass is 9.76. The molecule has 0 aliphatic heterocycles. The van der Waals surface area contributed by atoms with Gasteiger partial charge in [0.15, 0.2) is 0 Å². The van der Waals surface area contributed by atoms with Crippen LogP contribution in [0.5, 0.6) is 0 Å². The summed E-state index contributed by atoms with van der Waals surface area (Å²) in [6, 6.07) is 0. The van der Waals surface area contributed by atoms with Crippen LogP contribution in [0.4, 0.5) is 0 Å². The molecule has 0 saturated heterocycles. The normalized spacial score (nSPS) is 33.0. The lowest BCUT2D eigenvalue weighted by Gasteiger charge is -2.29. The molecule has 0 bridgehead atoms. The summed E-state index contributed by atoms with van der Waals surface area (Å²) in [5.41, 5.74) is 0.546. The van der Waals surface area contributed by atoms with Crippen LogP contribution in [0.1, 0.15) is 59.8 Å². The van der Waals surface area contributed by atoms with E-state index in [2.05, 4.69) is 27.7 Å². The molecule has 2 atom stereocenters. The molecule has 0 nitrogen and oxygen atoms in total. The summed E-state index contributed by atoms with van der Waals surface area (Å²) in [6.07, 6.45) is 7.32. The van der Waals surface area contributed by atoms with Gasteiger partial charge in [-0.15, -0.1) is 0 Å². The van der Waals surface area contributed by atoms with Crippen LogP contribution in [0, 0.1) is 17.3 Å². The van der Waals surface area contributed by atoms with E-state index in [-0.39, 0.29) is 0 Å². The van der Waals surface area contributed by atoms with E-state index in [0.717, 1.165) is 11.8 Å². The molecule has 0 amide bonds. The first kappa shape index (κ1) is 10.1. The van der Waals surface area contributed by atoms with Gasteiger partial charge < -0.3 is 0 Å². The van der Waals surface area contributed by atoms with Crippen LogP contribution >= 0.6 is 0 Å². The van der Waals surface area contributed by atoms with Crippen LogP contribution in [-0.4, -0.2) is 0 Å².